The molecule has 2 aliphatic rings. The zero-order valence-electron chi connectivity index (χ0n) is 11.3. The molecule has 0 radical (unpaired) electrons. The molecule has 4 rings (SSSR count). The first-order valence-electron chi connectivity index (χ1n) is 7.11. The van der Waals surface area contributed by atoms with Gasteiger partial charge in [0.25, 0.3) is 0 Å². The molecular formula is C16H18N2S2. The minimum atomic E-state index is 0.124. The summed E-state index contributed by atoms with van der Waals surface area (Å²) in [6, 6.07) is 8.92. The number of nitrogens with one attached hydrogen (secondary N) is 2. The largest absolute Gasteiger partial charge is 0.375 e. The van der Waals surface area contributed by atoms with Gasteiger partial charge in [0.1, 0.15) is 0 Å². The van der Waals surface area contributed by atoms with Crippen molar-refractivity contribution in [3.8, 4) is 0 Å². The van der Waals surface area contributed by atoms with Crippen molar-refractivity contribution in [2.75, 3.05) is 24.2 Å². The van der Waals surface area contributed by atoms with Gasteiger partial charge in [-0.1, -0.05) is 12.1 Å². The van der Waals surface area contributed by atoms with Gasteiger partial charge in [-0.2, -0.15) is 0 Å². The Morgan fingerprint density at radius 2 is 2.30 bits per heavy atom. The van der Waals surface area contributed by atoms with Crippen LogP contribution in [0.5, 0.6) is 0 Å². The molecule has 0 aliphatic carbocycles. The third kappa shape index (κ3) is 2.16. The molecule has 2 aromatic rings. The van der Waals surface area contributed by atoms with E-state index in [-0.39, 0.29) is 5.54 Å². The fourth-order valence-electron chi connectivity index (χ4n) is 3.23. The van der Waals surface area contributed by atoms with Crippen molar-refractivity contribution in [3.05, 3.63) is 41.1 Å². The molecule has 1 unspecified atom stereocenters. The molecule has 2 nitrogen and oxygen atoms in total. The van der Waals surface area contributed by atoms with E-state index in [2.05, 4.69) is 51.8 Å². The lowest BCUT2D eigenvalue weighted by Crippen LogP contribution is -2.45. The van der Waals surface area contributed by atoms with Crippen LogP contribution in [0.3, 0.4) is 0 Å². The Morgan fingerprint density at radius 1 is 1.30 bits per heavy atom. The lowest BCUT2D eigenvalue weighted by molar-refractivity contribution is 0.427. The Balaban J connectivity index is 1.65. The maximum absolute atomic E-state index is 3.84. The fourth-order valence-corrected chi connectivity index (χ4v) is 5.18. The van der Waals surface area contributed by atoms with Gasteiger partial charge in [-0.05, 0) is 47.3 Å². The summed E-state index contributed by atoms with van der Waals surface area (Å²) in [5, 5.41) is 13.1. The van der Waals surface area contributed by atoms with E-state index in [4.69, 9.17) is 0 Å². The Bertz CT molecular complexity index is 643. The molecule has 2 aliphatic heterocycles. The van der Waals surface area contributed by atoms with Crippen LogP contribution in [0.15, 0.2) is 41.1 Å². The number of hydrogen-bond acceptors (Lipinski definition) is 4. The van der Waals surface area contributed by atoms with E-state index < -0.39 is 0 Å². The molecule has 0 spiro atoms. The highest BCUT2D eigenvalue weighted by Gasteiger charge is 2.40. The van der Waals surface area contributed by atoms with Crippen LogP contribution in [0, 0.1) is 5.92 Å². The van der Waals surface area contributed by atoms with E-state index in [1.807, 2.05) is 23.1 Å². The zero-order valence-corrected chi connectivity index (χ0v) is 12.9. The summed E-state index contributed by atoms with van der Waals surface area (Å²) >= 11 is 3.74. The summed E-state index contributed by atoms with van der Waals surface area (Å²) in [4.78, 5) is 0. The van der Waals surface area contributed by atoms with Gasteiger partial charge in [-0.15, -0.1) is 23.1 Å². The van der Waals surface area contributed by atoms with Crippen molar-refractivity contribution in [3.63, 3.8) is 0 Å². The maximum Gasteiger partial charge on any atom is 0.0698 e. The van der Waals surface area contributed by atoms with Crippen molar-refractivity contribution in [1.29, 1.82) is 0 Å². The molecule has 1 fully saturated rings. The van der Waals surface area contributed by atoms with Gasteiger partial charge in [0.2, 0.25) is 0 Å². The van der Waals surface area contributed by atoms with Gasteiger partial charge in [0, 0.05) is 28.6 Å². The van der Waals surface area contributed by atoms with Crippen LogP contribution in [-0.4, -0.2) is 24.4 Å². The first-order chi connectivity index (χ1) is 9.86. The van der Waals surface area contributed by atoms with Crippen LogP contribution in [0.25, 0.3) is 10.1 Å². The average Bonchev–Trinajstić information content (AvgIpc) is 3.20. The van der Waals surface area contributed by atoms with Gasteiger partial charge in [0.15, 0.2) is 0 Å². The van der Waals surface area contributed by atoms with Crippen molar-refractivity contribution < 1.29 is 0 Å². The highest BCUT2D eigenvalue weighted by molar-refractivity contribution is 8.02. The minimum absolute atomic E-state index is 0.124. The molecule has 2 N–H and O–H groups in total. The molecule has 20 heavy (non-hydrogen) atoms. The van der Waals surface area contributed by atoms with Gasteiger partial charge < -0.3 is 10.6 Å². The molecule has 3 heterocycles. The molecule has 1 aromatic carbocycles. The van der Waals surface area contributed by atoms with Crippen LogP contribution in [0.4, 0.5) is 5.69 Å². The van der Waals surface area contributed by atoms with E-state index >= 15 is 0 Å². The first kappa shape index (κ1) is 12.7. The Morgan fingerprint density at radius 3 is 3.10 bits per heavy atom. The second kappa shape index (κ2) is 5.10. The highest BCUT2D eigenvalue weighted by Crippen LogP contribution is 2.38. The maximum atomic E-state index is 3.84. The summed E-state index contributed by atoms with van der Waals surface area (Å²) in [6.07, 6.45) is 3.65. The summed E-state index contributed by atoms with van der Waals surface area (Å²) in [7, 11) is 0. The summed E-state index contributed by atoms with van der Waals surface area (Å²) in [6.45, 7) is 2.27. The van der Waals surface area contributed by atoms with Crippen molar-refractivity contribution >= 4 is 38.9 Å². The highest BCUT2D eigenvalue weighted by atomic mass is 32.2. The molecule has 4 heteroatoms. The van der Waals surface area contributed by atoms with Gasteiger partial charge >= 0.3 is 0 Å². The lowest BCUT2D eigenvalue weighted by Gasteiger charge is -2.35. The lowest BCUT2D eigenvalue weighted by atomic mass is 9.84. The number of benzene rings is 1. The molecule has 1 aromatic heterocycles. The monoisotopic (exact) mass is 302 g/mol. The Hall–Kier alpha value is -0.970. The van der Waals surface area contributed by atoms with E-state index in [1.54, 1.807) is 0 Å². The third-order valence-corrected chi connectivity index (χ3v) is 6.26. The topological polar surface area (TPSA) is 24.1 Å². The van der Waals surface area contributed by atoms with Crippen LogP contribution in [0.2, 0.25) is 0 Å². The van der Waals surface area contributed by atoms with E-state index in [0.29, 0.717) is 5.92 Å². The summed E-state index contributed by atoms with van der Waals surface area (Å²) < 4.78 is 1.37. The Labute approximate surface area is 127 Å². The van der Waals surface area contributed by atoms with Crippen LogP contribution >= 0.6 is 23.1 Å². The first-order valence-corrected chi connectivity index (χ1v) is 9.04. The predicted molar refractivity (Wildman–Crippen MR) is 90.8 cm³/mol. The Kier molecular flexibility index (Phi) is 3.25. The second-order valence-electron chi connectivity index (χ2n) is 5.64. The molecule has 104 valence electrons. The number of thioether (sulfide) groups is 1. The number of hydrogen-bond donors (Lipinski definition) is 2. The molecular weight excluding hydrogens is 284 g/mol. The SMILES string of the molecule is C1=C[C@@](Nc2ccc3ccsc3c2)(C2CCNC2)CS1. The number of anilines is 1. The number of thiophene rings is 1. The summed E-state index contributed by atoms with van der Waals surface area (Å²) in [5.41, 5.74) is 1.37. The van der Waals surface area contributed by atoms with Crippen molar-refractivity contribution in [1.82, 2.24) is 5.32 Å². The van der Waals surface area contributed by atoms with Crippen LogP contribution in [0.1, 0.15) is 6.42 Å². The van der Waals surface area contributed by atoms with E-state index in [9.17, 15) is 0 Å². The quantitative estimate of drug-likeness (QED) is 0.898. The zero-order chi connectivity index (χ0) is 13.4. The van der Waals surface area contributed by atoms with E-state index in [0.717, 1.165) is 18.8 Å². The number of fused-ring (bicyclic) bond motifs is 1. The molecule has 2 atom stereocenters. The molecule has 0 bridgehead atoms. The molecule has 1 saturated heterocycles. The normalized spacial score (nSPS) is 29.3. The standard InChI is InChI=1S/C16H18N2S2/c1-2-14(9-15-12(1)4-7-20-15)18-16(5-8-19-11-16)13-3-6-17-10-13/h1-2,4-5,7-9,13,17-18H,3,6,10-11H2/t13?,16-/m0/s1. The predicted octanol–water partition coefficient (Wildman–Crippen LogP) is 3.92. The van der Waals surface area contributed by atoms with Gasteiger partial charge in [-0.3, -0.25) is 0 Å². The van der Waals surface area contributed by atoms with E-state index in [1.165, 1.54) is 22.2 Å². The minimum Gasteiger partial charge on any atom is -0.375 e. The third-order valence-electron chi connectivity index (χ3n) is 4.41. The number of rotatable bonds is 3. The van der Waals surface area contributed by atoms with Crippen molar-refractivity contribution in [2.45, 2.75) is 12.0 Å². The van der Waals surface area contributed by atoms with Crippen LogP contribution < -0.4 is 10.6 Å². The molecule has 0 saturated carbocycles. The summed E-state index contributed by atoms with van der Waals surface area (Å²) in [5.74, 6) is 1.83. The van der Waals surface area contributed by atoms with Crippen LogP contribution in [-0.2, 0) is 0 Å². The fraction of sp³-hybridized carbons (Fsp3) is 0.375. The van der Waals surface area contributed by atoms with Gasteiger partial charge in [-0.25, -0.2) is 0 Å². The van der Waals surface area contributed by atoms with Crippen molar-refractivity contribution in [2.24, 2.45) is 5.92 Å². The smallest absolute Gasteiger partial charge is 0.0698 e. The second-order valence-corrected chi connectivity index (χ2v) is 7.48. The molecule has 0 amide bonds. The van der Waals surface area contributed by atoms with Gasteiger partial charge in [0.05, 0.1) is 5.54 Å². The average molecular weight is 302 g/mol.